The lowest BCUT2D eigenvalue weighted by molar-refractivity contribution is -0.122. The molecule has 24 heavy (non-hydrogen) atoms. The van der Waals surface area contributed by atoms with Crippen LogP contribution in [0.2, 0.25) is 0 Å². The summed E-state index contributed by atoms with van der Waals surface area (Å²) >= 11 is 0. The van der Waals surface area contributed by atoms with Crippen molar-refractivity contribution in [1.82, 2.24) is 10.6 Å². The second-order valence-electron chi connectivity index (χ2n) is 6.70. The third-order valence-electron chi connectivity index (χ3n) is 4.61. The van der Waals surface area contributed by atoms with Gasteiger partial charge in [-0.05, 0) is 56.8 Å². The van der Waals surface area contributed by atoms with E-state index in [0.717, 1.165) is 24.6 Å². The molecular formula is C19H30N2O3. The van der Waals surface area contributed by atoms with E-state index in [4.69, 9.17) is 9.47 Å². The Kier molecular flexibility index (Phi) is 7.37. The molecule has 0 aromatic heterocycles. The molecule has 1 heterocycles. The van der Waals surface area contributed by atoms with Gasteiger partial charge >= 0.3 is 0 Å². The van der Waals surface area contributed by atoms with Crippen molar-refractivity contribution in [1.29, 1.82) is 0 Å². The van der Waals surface area contributed by atoms with Crippen molar-refractivity contribution >= 4 is 5.91 Å². The summed E-state index contributed by atoms with van der Waals surface area (Å²) in [4.78, 5) is 12.1. The number of piperidine rings is 1. The SMILES string of the molecule is COc1cccc(OC(C)CNC(=O)CC(C)C2CCCNC2)c1. The molecule has 0 aliphatic carbocycles. The quantitative estimate of drug-likeness (QED) is 0.767. The second kappa shape index (κ2) is 9.52. The van der Waals surface area contributed by atoms with Crippen LogP contribution in [-0.4, -0.2) is 38.8 Å². The van der Waals surface area contributed by atoms with E-state index < -0.39 is 0 Å². The summed E-state index contributed by atoms with van der Waals surface area (Å²) in [6.07, 6.45) is 2.92. The maximum atomic E-state index is 12.1. The number of carbonyl (C=O) groups excluding carboxylic acids is 1. The molecule has 1 amide bonds. The molecule has 2 rings (SSSR count). The van der Waals surface area contributed by atoms with E-state index in [0.29, 0.717) is 24.8 Å². The van der Waals surface area contributed by atoms with Crippen LogP contribution in [0.1, 0.15) is 33.1 Å². The number of hydrogen-bond acceptors (Lipinski definition) is 4. The Bertz CT molecular complexity index is 515. The molecular weight excluding hydrogens is 304 g/mol. The molecule has 3 atom stereocenters. The van der Waals surface area contributed by atoms with Gasteiger partial charge < -0.3 is 20.1 Å². The Morgan fingerprint density at radius 1 is 1.38 bits per heavy atom. The van der Waals surface area contributed by atoms with E-state index >= 15 is 0 Å². The molecule has 2 N–H and O–H groups in total. The molecule has 1 aromatic rings. The largest absolute Gasteiger partial charge is 0.497 e. The van der Waals surface area contributed by atoms with Crippen LogP contribution in [0.15, 0.2) is 24.3 Å². The van der Waals surface area contributed by atoms with Crippen molar-refractivity contribution in [3.63, 3.8) is 0 Å². The molecule has 134 valence electrons. The average Bonchev–Trinajstić information content (AvgIpc) is 2.61. The molecule has 5 heteroatoms. The molecule has 3 unspecified atom stereocenters. The molecule has 5 nitrogen and oxygen atoms in total. The predicted molar refractivity (Wildman–Crippen MR) is 95.5 cm³/mol. The Labute approximate surface area is 145 Å². The van der Waals surface area contributed by atoms with E-state index in [2.05, 4.69) is 17.6 Å². The highest BCUT2D eigenvalue weighted by Gasteiger charge is 2.22. The van der Waals surface area contributed by atoms with Crippen molar-refractivity contribution in [3.05, 3.63) is 24.3 Å². The van der Waals surface area contributed by atoms with Crippen LogP contribution >= 0.6 is 0 Å². The molecule has 1 fully saturated rings. The van der Waals surface area contributed by atoms with Crippen molar-refractivity contribution < 1.29 is 14.3 Å². The maximum Gasteiger partial charge on any atom is 0.220 e. The topological polar surface area (TPSA) is 59.6 Å². The Morgan fingerprint density at radius 2 is 2.17 bits per heavy atom. The Balaban J connectivity index is 1.70. The van der Waals surface area contributed by atoms with Gasteiger partial charge in [0.2, 0.25) is 5.91 Å². The lowest BCUT2D eigenvalue weighted by Gasteiger charge is -2.28. The monoisotopic (exact) mass is 334 g/mol. The van der Waals surface area contributed by atoms with Gasteiger partial charge in [-0.1, -0.05) is 13.0 Å². The highest BCUT2D eigenvalue weighted by Crippen LogP contribution is 2.22. The molecule has 0 radical (unpaired) electrons. The normalized spacial score (nSPS) is 20.0. The summed E-state index contributed by atoms with van der Waals surface area (Å²) in [5, 5.41) is 6.40. The van der Waals surface area contributed by atoms with E-state index in [9.17, 15) is 4.79 Å². The maximum absolute atomic E-state index is 12.1. The van der Waals surface area contributed by atoms with Gasteiger partial charge in [0.25, 0.3) is 0 Å². The summed E-state index contributed by atoms with van der Waals surface area (Å²) in [5.74, 6) is 2.63. The minimum atomic E-state index is -0.0901. The Hall–Kier alpha value is -1.75. The first kappa shape index (κ1) is 18.6. The van der Waals surface area contributed by atoms with Gasteiger partial charge in [0.05, 0.1) is 13.7 Å². The third-order valence-corrected chi connectivity index (χ3v) is 4.61. The smallest absolute Gasteiger partial charge is 0.220 e. The second-order valence-corrected chi connectivity index (χ2v) is 6.70. The van der Waals surface area contributed by atoms with Gasteiger partial charge in [0.15, 0.2) is 0 Å². The minimum Gasteiger partial charge on any atom is -0.497 e. The number of benzene rings is 1. The van der Waals surface area contributed by atoms with Crippen LogP contribution < -0.4 is 20.1 Å². The molecule has 1 aliphatic rings. The molecule has 0 saturated carbocycles. The van der Waals surface area contributed by atoms with Crippen molar-refractivity contribution in [2.45, 2.75) is 39.2 Å². The lowest BCUT2D eigenvalue weighted by Crippen LogP contribution is -2.37. The first-order valence-corrected chi connectivity index (χ1v) is 8.86. The summed E-state index contributed by atoms with van der Waals surface area (Å²) < 4.78 is 11.0. The molecule has 1 aromatic carbocycles. The fraction of sp³-hybridized carbons (Fsp3) is 0.632. The first-order valence-electron chi connectivity index (χ1n) is 8.86. The number of amides is 1. The molecule has 1 saturated heterocycles. The number of carbonyl (C=O) groups is 1. The average molecular weight is 334 g/mol. The zero-order chi connectivity index (χ0) is 17.4. The predicted octanol–water partition coefficient (Wildman–Crippen LogP) is 2.60. The van der Waals surface area contributed by atoms with Gasteiger partial charge in [-0.3, -0.25) is 4.79 Å². The summed E-state index contributed by atoms with van der Waals surface area (Å²) in [6, 6.07) is 7.50. The van der Waals surface area contributed by atoms with Gasteiger partial charge in [-0.25, -0.2) is 0 Å². The van der Waals surface area contributed by atoms with Crippen LogP contribution in [-0.2, 0) is 4.79 Å². The van der Waals surface area contributed by atoms with Crippen molar-refractivity contribution in [2.24, 2.45) is 11.8 Å². The minimum absolute atomic E-state index is 0.0901. The van der Waals surface area contributed by atoms with Crippen LogP contribution in [0.25, 0.3) is 0 Å². The lowest BCUT2D eigenvalue weighted by atomic mass is 9.85. The number of ether oxygens (including phenoxy) is 2. The van der Waals surface area contributed by atoms with E-state index in [1.165, 1.54) is 12.8 Å². The number of hydrogen-bond donors (Lipinski definition) is 2. The van der Waals surface area contributed by atoms with Gasteiger partial charge in [-0.2, -0.15) is 0 Å². The fourth-order valence-corrected chi connectivity index (χ4v) is 3.10. The van der Waals surface area contributed by atoms with Crippen LogP contribution in [0.3, 0.4) is 0 Å². The van der Waals surface area contributed by atoms with Crippen LogP contribution in [0, 0.1) is 11.8 Å². The molecule has 0 spiro atoms. The van der Waals surface area contributed by atoms with Crippen LogP contribution in [0.4, 0.5) is 0 Å². The first-order chi connectivity index (χ1) is 11.6. The molecule has 0 bridgehead atoms. The van der Waals surface area contributed by atoms with Crippen LogP contribution in [0.5, 0.6) is 11.5 Å². The zero-order valence-electron chi connectivity index (χ0n) is 15.0. The fourth-order valence-electron chi connectivity index (χ4n) is 3.10. The number of methoxy groups -OCH3 is 1. The van der Waals surface area contributed by atoms with E-state index in [1.807, 2.05) is 31.2 Å². The number of nitrogens with one attached hydrogen (secondary N) is 2. The summed E-state index contributed by atoms with van der Waals surface area (Å²) in [7, 11) is 1.63. The summed E-state index contributed by atoms with van der Waals surface area (Å²) in [6.45, 7) is 6.77. The highest BCUT2D eigenvalue weighted by atomic mass is 16.5. The van der Waals surface area contributed by atoms with E-state index in [-0.39, 0.29) is 12.0 Å². The Morgan fingerprint density at radius 3 is 2.88 bits per heavy atom. The zero-order valence-corrected chi connectivity index (χ0v) is 15.0. The molecule has 1 aliphatic heterocycles. The van der Waals surface area contributed by atoms with Gasteiger partial charge in [0.1, 0.15) is 17.6 Å². The van der Waals surface area contributed by atoms with Gasteiger partial charge in [-0.15, -0.1) is 0 Å². The van der Waals surface area contributed by atoms with Gasteiger partial charge in [0, 0.05) is 12.5 Å². The van der Waals surface area contributed by atoms with Crippen molar-refractivity contribution in [2.75, 3.05) is 26.7 Å². The highest BCUT2D eigenvalue weighted by molar-refractivity contribution is 5.76. The number of rotatable bonds is 8. The van der Waals surface area contributed by atoms with Crippen molar-refractivity contribution in [3.8, 4) is 11.5 Å². The third kappa shape index (κ3) is 6.04. The standard InChI is InChI=1S/C19H30N2O3/c1-14(16-6-5-9-20-13-16)10-19(22)21-12-15(2)24-18-8-4-7-17(11-18)23-3/h4,7-8,11,14-16,20H,5-6,9-10,12-13H2,1-3H3,(H,21,22). The van der Waals surface area contributed by atoms with E-state index in [1.54, 1.807) is 7.11 Å². The summed E-state index contributed by atoms with van der Waals surface area (Å²) in [5.41, 5.74) is 0.